The minimum absolute atomic E-state index is 0.967. The number of hydrogen-bond acceptors (Lipinski definition) is 2. The van der Waals surface area contributed by atoms with Crippen molar-refractivity contribution in [2.24, 2.45) is 0 Å². The summed E-state index contributed by atoms with van der Waals surface area (Å²) in [6.45, 7) is 0. The molecule has 222 valence electrons. The molecule has 0 saturated carbocycles. The zero-order chi connectivity index (χ0) is 31.3. The molecule has 0 spiro atoms. The van der Waals surface area contributed by atoms with E-state index in [9.17, 15) is 0 Å². The first-order valence-electron chi connectivity index (χ1n) is 16.4. The minimum Gasteiger partial charge on any atom is -0.291 e. The topological polar surface area (TPSA) is 17.3 Å². The Kier molecular flexibility index (Phi) is 5.29. The van der Waals surface area contributed by atoms with E-state index in [4.69, 9.17) is 4.98 Å². The van der Waals surface area contributed by atoms with Crippen molar-refractivity contribution >= 4 is 102 Å². The molecule has 0 amide bonds. The molecule has 11 rings (SSSR count). The van der Waals surface area contributed by atoms with Gasteiger partial charge in [-0.3, -0.25) is 4.40 Å². The summed E-state index contributed by atoms with van der Waals surface area (Å²) in [5.74, 6) is 0.967. The van der Waals surface area contributed by atoms with Gasteiger partial charge in [-0.25, -0.2) is 4.98 Å². The molecule has 3 heteroatoms. The van der Waals surface area contributed by atoms with Crippen LogP contribution < -0.4 is 0 Å². The monoisotopic (exact) mass is 626 g/mol. The standard InChI is InChI=1S/C45H26N2S/c1-2-12-29-27(11-1)23-24-28-25-42-39(26-38(28)29)36-19-9-20-37(44(36)48-42)45-46-40-21-10-18-35-33-16-6-4-14-31(33)30-13-3-5-15-32(30)34-17-7-8-22-41(34)47(45)43(35)40/h1-26H. The number of para-hydroxylation sites is 2. The molecule has 0 atom stereocenters. The maximum atomic E-state index is 5.48. The van der Waals surface area contributed by atoms with Crippen LogP contribution in [0.1, 0.15) is 0 Å². The SMILES string of the molecule is c1ccc2c(c1)ccc1cc3sc4c(-c5nc6cccc7c8ccccc8c8ccccc8c8ccccc8n5c67)cccc4c3cc12. The van der Waals surface area contributed by atoms with E-state index in [1.165, 1.54) is 74.0 Å². The van der Waals surface area contributed by atoms with Gasteiger partial charge in [-0.15, -0.1) is 11.3 Å². The average molecular weight is 627 g/mol. The van der Waals surface area contributed by atoms with Crippen molar-refractivity contribution in [3.8, 4) is 11.4 Å². The molecule has 2 nitrogen and oxygen atoms in total. The number of thiophene rings is 1. The van der Waals surface area contributed by atoms with Crippen molar-refractivity contribution in [1.29, 1.82) is 0 Å². The van der Waals surface area contributed by atoms with Gasteiger partial charge in [-0.1, -0.05) is 127 Å². The lowest BCUT2D eigenvalue weighted by Gasteiger charge is -2.07. The zero-order valence-electron chi connectivity index (χ0n) is 25.8. The fraction of sp³-hybridized carbons (Fsp3) is 0. The maximum Gasteiger partial charge on any atom is 0.147 e. The van der Waals surface area contributed by atoms with Crippen LogP contribution in [0.5, 0.6) is 0 Å². The Labute approximate surface area is 279 Å². The summed E-state index contributed by atoms with van der Waals surface area (Å²) in [5.41, 5.74) is 4.42. The van der Waals surface area contributed by atoms with E-state index in [2.05, 4.69) is 162 Å². The van der Waals surface area contributed by atoms with Crippen molar-refractivity contribution in [1.82, 2.24) is 9.38 Å². The molecule has 48 heavy (non-hydrogen) atoms. The average Bonchev–Trinajstić information content (AvgIpc) is 3.73. The quantitative estimate of drug-likeness (QED) is 0.166. The molecule has 3 aromatic heterocycles. The third-order valence-electron chi connectivity index (χ3n) is 10.1. The second-order valence-electron chi connectivity index (χ2n) is 12.7. The van der Waals surface area contributed by atoms with Gasteiger partial charge in [-0.2, -0.15) is 0 Å². The third kappa shape index (κ3) is 3.54. The molecule has 0 bridgehead atoms. The number of fused-ring (bicyclic) bond motifs is 13. The molecular weight excluding hydrogens is 601 g/mol. The fourth-order valence-corrected chi connectivity index (χ4v) is 9.28. The van der Waals surface area contributed by atoms with E-state index in [0.29, 0.717) is 0 Å². The van der Waals surface area contributed by atoms with Crippen LogP contribution in [-0.4, -0.2) is 9.38 Å². The first-order chi connectivity index (χ1) is 23.8. The number of nitrogens with zero attached hydrogens (tertiary/aromatic N) is 2. The van der Waals surface area contributed by atoms with E-state index < -0.39 is 0 Å². The Morgan fingerprint density at radius 2 is 1.02 bits per heavy atom. The van der Waals surface area contributed by atoms with Gasteiger partial charge in [0.05, 0.1) is 16.6 Å². The van der Waals surface area contributed by atoms with Gasteiger partial charge in [-0.05, 0) is 73.4 Å². The second kappa shape index (κ2) is 9.74. The molecule has 0 fully saturated rings. The lowest BCUT2D eigenvalue weighted by Crippen LogP contribution is -1.91. The smallest absolute Gasteiger partial charge is 0.147 e. The third-order valence-corrected chi connectivity index (χ3v) is 11.4. The molecule has 0 aliphatic heterocycles. The van der Waals surface area contributed by atoms with E-state index in [1.807, 2.05) is 11.3 Å². The van der Waals surface area contributed by atoms with Gasteiger partial charge >= 0.3 is 0 Å². The highest BCUT2D eigenvalue weighted by Gasteiger charge is 2.19. The van der Waals surface area contributed by atoms with Crippen LogP contribution in [0.4, 0.5) is 0 Å². The fourth-order valence-electron chi connectivity index (χ4n) is 8.04. The molecule has 3 heterocycles. The van der Waals surface area contributed by atoms with E-state index in [1.54, 1.807) is 0 Å². The number of benzene rings is 8. The molecule has 0 saturated heterocycles. The van der Waals surface area contributed by atoms with Crippen molar-refractivity contribution in [3.63, 3.8) is 0 Å². The Morgan fingerprint density at radius 3 is 1.83 bits per heavy atom. The minimum atomic E-state index is 0.967. The predicted molar refractivity (Wildman–Crippen MR) is 207 cm³/mol. The van der Waals surface area contributed by atoms with Crippen molar-refractivity contribution in [2.45, 2.75) is 0 Å². The number of hydrogen-bond donors (Lipinski definition) is 0. The Morgan fingerprint density at radius 1 is 0.417 bits per heavy atom. The van der Waals surface area contributed by atoms with Crippen LogP contribution in [0, 0.1) is 0 Å². The van der Waals surface area contributed by atoms with Crippen molar-refractivity contribution in [2.75, 3.05) is 0 Å². The van der Waals surface area contributed by atoms with E-state index >= 15 is 0 Å². The number of rotatable bonds is 1. The van der Waals surface area contributed by atoms with Gasteiger partial charge in [0.25, 0.3) is 0 Å². The lowest BCUT2D eigenvalue weighted by molar-refractivity contribution is 1.23. The van der Waals surface area contributed by atoms with Crippen molar-refractivity contribution < 1.29 is 0 Å². The van der Waals surface area contributed by atoms with Crippen LogP contribution >= 0.6 is 11.3 Å². The van der Waals surface area contributed by atoms with Crippen LogP contribution in [0.2, 0.25) is 0 Å². The molecular formula is C45H26N2S. The molecule has 0 N–H and O–H groups in total. The van der Waals surface area contributed by atoms with Gasteiger partial charge in [0.2, 0.25) is 0 Å². The van der Waals surface area contributed by atoms with Gasteiger partial charge in [0.1, 0.15) is 5.82 Å². The van der Waals surface area contributed by atoms with E-state index in [-0.39, 0.29) is 0 Å². The molecule has 0 unspecified atom stereocenters. The molecule has 0 radical (unpaired) electrons. The summed E-state index contributed by atoms with van der Waals surface area (Å²) in [7, 11) is 0. The lowest BCUT2D eigenvalue weighted by atomic mass is 9.99. The van der Waals surface area contributed by atoms with Gasteiger partial charge < -0.3 is 0 Å². The first-order valence-corrected chi connectivity index (χ1v) is 17.2. The van der Waals surface area contributed by atoms with Crippen LogP contribution in [0.25, 0.3) is 102 Å². The van der Waals surface area contributed by atoms with Crippen LogP contribution in [-0.2, 0) is 0 Å². The van der Waals surface area contributed by atoms with E-state index in [0.717, 1.165) is 27.9 Å². The predicted octanol–water partition coefficient (Wildman–Crippen LogP) is 12.9. The molecule has 0 aliphatic rings. The normalized spacial score (nSPS) is 12.2. The first kappa shape index (κ1) is 26.1. The highest BCUT2D eigenvalue weighted by atomic mass is 32.1. The largest absolute Gasteiger partial charge is 0.291 e. The highest BCUT2D eigenvalue weighted by Crippen LogP contribution is 2.44. The number of aromatic nitrogens is 2. The summed E-state index contributed by atoms with van der Waals surface area (Å²) < 4.78 is 4.99. The summed E-state index contributed by atoms with van der Waals surface area (Å²) in [4.78, 5) is 5.48. The highest BCUT2D eigenvalue weighted by molar-refractivity contribution is 7.26. The summed E-state index contributed by atoms with van der Waals surface area (Å²) in [5, 5.41) is 15.0. The summed E-state index contributed by atoms with van der Waals surface area (Å²) in [6, 6.07) is 57.8. The molecule has 11 aromatic rings. The maximum absolute atomic E-state index is 5.48. The van der Waals surface area contributed by atoms with Gasteiger partial charge in [0, 0.05) is 36.5 Å². The summed E-state index contributed by atoms with van der Waals surface area (Å²) in [6.07, 6.45) is 0. The molecule has 8 aromatic carbocycles. The Hall–Kier alpha value is -6.03. The second-order valence-corrected chi connectivity index (χ2v) is 13.7. The van der Waals surface area contributed by atoms with Crippen LogP contribution in [0.15, 0.2) is 158 Å². The zero-order valence-corrected chi connectivity index (χ0v) is 26.6. The van der Waals surface area contributed by atoms with Crippen molar-refractivity contribution in [3.05, 3.63) is 158 Å². The number of imidazole rings is 1. The Balaban J connectivity index is 1.35. The van der Waals surface area contributed by atoms with Crippen LogP contribution in [0.3, 0.4) is 0 Å². The Bertz CT molecular complexity index is 3180. The molecule has 0 aliphatic carbocycles. The summed E-state index contributed by atoms with van der Waals surface area (Å²) >= 11 is 1.87. The van der Waals surface area contributed by atoms with Gasteiger partial charge in [0.15, 0.2) is 0 Å².